The average Bonchev–Trinajstić information content (AvgIpc) is 3.37. The molecule has 2 aromatic heterocycles. The zero-order valence-electron chi connectivity index (χ0n) is 15.3. The molecule has 3 heterocycles. The standard InChI is InChI=1S/C20H18F3N3O2S/c21-20(22,23)14-4-5-18(24-9-14)28-17-6-7-26(10-17)16-3-1-2-13(8-16)19-25-15(11-27)12-29-19/h1-5,8-9,12,17,27H,6-7,10-11H2/t17-/m0/s1. The van der Waals surface area contributed by atoms with E-state index in [1.165, 1.54) is 17.4 Å². The number of nitrogens with zero attached hydrogens (tertiary/aromatic N) is 3. The largest absolute Gasteiger partial charge is 0.472 e. The van der Waals surface area contributed by atoms with Crippen molar-refractivity contribution in [2.45, 2.75) is 25.3 Å². The van der Waals surface area contributed by atoms with Gasteiger partial charge < -0.3 is 14.7 Å². The van der Waals surface area contributed by atoms with Crippen molar-refractivity contribution in [1.29, 1.82) is 0 Å². The van der Waals surface area contributed by atoms with Crippen LogP contribution in [0.4, 0.5) is 18.9 Å². The summed E-state index contributed by atoms with van der Waals surface area (Å²) in [4.78, 5) is 10.3. The minimum atomic E-state index is -4.41. The van der Waals surface area contributed by atoms with E-state index >= 15 is 0 Å². The Morgan fingerprint density at radius 1 is 1.24 bits per heavy atom. The monoisotopic (exact) mass is 421 g/mol. The number of ether oxygens (including phenoxy) is 1. The Morgan fingerprint density at radius 3 is 2.79 bits per heavy atom. The molecule has 29 heavy (non-hydrogen) atoms. The van der Waals surface area contributed by atoms with E-state index in [0.717, 1.165) is 41.5 Å². The highest BCUT2D eigenvalue weighted by molar-refractivity contribution is 7.13. The zero-order valence-corrected chi connectivity index (χ0v) is 16.1. The molecule has 0 bridgehead atoms. The van der Waals surface area contributed by atoms with Crippen LogP contribution in [0.25, 0.3) is 10.6 Å². The van der Waals surface area contributed by atoms with Crippen LogP contribution < -0.4 is 9.64 Å². The van der Waals surface area contributed by atoms with Crippen molar-refractivity contribution in [1.82, 2.24) is 9.97 Å². The number of hydrogen-bond donors (Lipinski definition) is 1. The fraction of sp³-hybridized carbons (Fsp3) is 0.300. The first-order valence-corrected chi connectivity index (χ1v) is 9.91. The SMILES string of the molecule is OCc1csc(-c2cccc(N3CC[C@H](Oc4ccc(C(F)(F)F)cn4)C3)c2)n1. The highest BCUT2D eigenvalue weighted by Crippen LogP contribution is 2.31. The summed E-state index contributed by atoms with van der Waals surface area (Å²) in [6.07, 6.45) is -3.02. The number of alkyl halides is 3. The molecule has 1 saturated heterocycles. The summed E-state index contributed by atoms with van der Waals surface area (Å²) in [5.41, 5.74) is 1.85. The number of rotatable bonds is 5. The first kappa shape index (κ1) is 19.7. The van der Waals surface area contributed by atoms with E-state index in [2.05, 4.69) is 14.9 Å². The first-order chi connectivity index (χ1) is 13.9. The van der Waals surface area contributed by atoms with E-state index in [1.807, 2.05) is 29.6 Å². The van der Waals surface area contributed by atoms with E-state index in [1.54, 1.807) is 0 Å². The van der Waals surface area contributed by atoms with Gasteiger partial charge in [-0.25, -0.2) is 9.97 Å². The van der Waals surface area contributed by atoms with Gasteiger partial charge in [0.25, 0.3) is 0 Å². The van der Waals surface area contributed by atoms with Gasteiger partial charge in [0.2, 0.25) is 5.88 Å². The minimum Gasteiger partial charge on any atom is -0.472 e. The van der Waals surface area contributed by atoms with Gasteiger partial charge in [0.15, 0.2) is 0 Å². The second-order valence-electron chi connectivity index (χ2n) is 6.71. The van der Waals surface area contributed by atoms with Crippen LogP contribution in [0.2, 0.25) is 0 Å². The molecule has 5 nitrogen and oxygen atoms in total. The molecule has 1 atom stereocenters. The maximum absolute atomic E-state index is 12.6. The van der Waals surface area contributed by atoms with Crippen molar-refractivity contribution in [2.24, 2.45) is 0 Å². The maximum atomic E-state index is 12.6. The minimum absolute atomic E-state index is 0.0840. The lowest BCUT2D eigenvalue weighted by atomic mass is 10.2. The molecule has 1 aliphatic rings. The van der Waals surface area contributed by atoms with Crippen LogP contribution in [0.1, 0.15) is 17.7 Å². The Morgan fingerprint density at radius 2 is 2.10 bits per heavy atom. The third-order valence-electron chi connectivity index (χ3n) is 4.67. The Bertz CT molecular complexity index is 976. The molecule has 1 aromatic carbocycles. The number of hydrogen-bond acceptors (Lipinski definition) is 6. The molecule has 9 heteroatoms. The highest BCUT2D eigenvalue weighted by atomic mass is 32.1. The smallest absolute Gasteiger partial charge is 0.417 e. The van der Waals surface area contributed by atoms with E-state index in [4.69, 9.17) is 4.74 Å². The first-order valence-electron chi connectivity index (χ1n) is 9.03. The third-order valence-corrected chi connectivity index (χ3v) is 5.61. The van der Waals surface area contributed by atoms with Gasteiger partial charge in [0.05, 0.1) is 24.4 Å². The number of benzene rings is 1. The Kier molecular flexibility index (Phi) is 5.42. The van der Waals surface area contributed by atoms with Gasteiger partial charge in [0.1, 0.15) is 11.1 Å². The quantitative estimate of drug-likeness (QED) is 0.663. The van der Waals surface area contributed by atoms with Gasteiger partial charge in [-0.2, -0.15) is 13.2 Å². The summed E-state index contributed by atoms with van der Waals surface area (Å²) < 4.78 is 43.7. The van der Waals surface area contributed by atoms with Crippen molar-refractivity contribution in [2.75, 3.05) is 18.0 Å². The summed E-state index contributed by atoms with van der Waals surface area (Å²) in [5.74, 6) is 0.193. The summed E-state index contributed by atoms with van der Waals surface area (Å²) in [5, 5.41) is 11.9. The predicted molar refractivity (Wildman–Crippen MR) is 104 cm³/mol. The molecular weight excluding hydrogens is 403 g/mol. The molecule has 3 aromatic rings. The molecule has 1 N–H and O–H groups in total. The molecule has 0 spiro atoms. The third kappa shape index (κ3) is 4.51. The number of halogens is 3. The molecule has 0 aliphatic carbocycles. The molecule has 4 rings (SSSR count). The van der Waals surface area contributed by atoms with Crippen LogP contribution in [0, 0.1) is 0 Å². The fourth-order valence-corrected chi connectivity index (χ4v) is 4.00. The summed E-state index contributed by atoms with van der Waals surface area (Å²) >= 11 is 1.48. The Hall–Kier alpha value is -2.65. The molecule has 0 unspecified atom stereocenters. The number of thiazole rings is 1. The van der Waals surface area contributed by atoms with Gasteiger partial charge in [0, 0.05) is 41.9 Å². The molecule has 1 aliphatic heterocycles. The van der Waals surface area contributed by atoms with E-state index in [9.17, 15) is 18.3 Å². The Balaban J connectivity index is 1.41. The molecule has 1 fully saturated rings. The van der Waals surface area contributed by atoms with E-state index in [0.29, 0.717) is 12.2 Å². The van der Waals surface area contributed by atoms with E-state index < -0.39 is 11.7 Å². The zero-order chi connectivity index (χ0) is 20.4. The lowest BCUT2D eigenvalue weighted by molar-refractivity contribution is -0.137. The van der Waals surface area contributed by atoms with E-state index in [-0.39, 0.29) is 18.6 Å². The van der Waals surface area contributed by atoms with Crippen LogP contribution in [0.3, 0.4) is 0 Å². The number of pyridine rings is 1. The molecule has 0 radical (unpaired) electrons. The second-order valence-corrected chi connectivity index (χ2v) is 7.57. The van der Waals surface area contributed by atoms with Crippen molar-refractivity contribution in [3.63, 3.8) is 0 Å². The lowest BCUT2D eigenvalue weighted by Crippen LogP contribution is -2.24. The summed E-state index contributed by atoms with van der Waals surface area (Å²) in [6, 6.07) is 10.2. The number of anilines is 1. The van der Waals surface area contributed by atoms with Crippen LogP contribution in [0.15, 0.2) is 48.0 Å². The van der Waals surface area contributed by atoms with Crippen LogP contribution in [0.5, 0.6) is 5.88 Å². The molecule has 152 valence electrons. The summed E-state index contributed by atoms with van der Waals surface area (Å²) in [7, 11) is 0. The van der Waals surface area contributed by atoms with Gasteiger partial charge in [-0.15, -0.1) is 11.3 Å². The van der Waals surface area contributed by atoms with Crippen molar-refractivity contribution >= 4 is 17.0 Å². The maximum Gasteiger partial charge on any atom is 0.417 e. The van der Waals surface area contributed by atoms with Crippen molar-refractivity contribution in [3.05, 3.63) is 59.2 Å². The topological polar surface area (TPSA) is 58.5 Å². The predicted octanol–water partition coefficient (Wildman–Crippen LogP) is 4.37. The Labute approximate surface area is 169 Å². The van der Waals surface area contributed by atoms with Crippen molar-refractivity contribution in [3.8, 4) is 16.5 Å². The second kappa shape index (κ2) is 8.00. The number of aliphatic hydroxyl groups excluding tert-OH is 1. The molecule has 0 saturated carbocycles. The summed E-state index contributed by atoms with van der Waals surface area (Å²) in [6.45, 7) is 1.31. The van der Waals surface area contributed by atoms with Crippen LogP contribution >= 0.6 is 11.3 Å². The number of aromatic nitrogens is 2. The van der Waals surface area contributed by atoms with Gasteiger partial charge in [-0.3, -0.25) is 0 Å². The highest BCUT2D eigenvalue weighted by Gasteiger charge is 2.31. The van der Waals surface area contributed by atoms with Crippen LogP contribution in [-0.2, 0) is 12.8 Å². The van der Waals surface area contributed by atoms with Crippen LogP contribution in [-0.4, -0.2) is 34.3 Å². The van der Waals surface area contributed by atoms with Crippen molar-refractivity contribution < 1.29 is 23.0 Å². The van der Waals surface area contributed by atoms with Gasteiger partial charge in [-0.05, 0) is 18.2 Å². The lowest BCUT2D eigenvalue weighted by Gasteiger charge is -2.19. The fourth-order valence-electron chi connectivity index (χ4n) is 3.20. The molecule has 0 amide bonds. The van der Waals surface area contributed by atoms with Gasteiger partial charge in [-0.1, -0.05) is 12.1 Å². The average molecular weight is 421 g/mol. The normalized spacial score (nSPS) is 17.0. The molecular formula is C20H18F3N3O2S. The van der Waals surface area contributed by atoms with Gasteiger partial charge >= 0.3 is 6.18 Å². The number of aliphatic hydroxyl groups is 1.